The van der Waals surface area contributed by atoms with Gasteiger partial charge in [-0.05, 0) is 43.7 Å². The summed E-state index contributed by atoms with van der Waals surface area (Å²) in [6.07, 6.45) is 1.81. The van der Waals surface area contributed by atoms with Gasteiger partial charge in [0.05, 0.1) is 6.54 Å². The zero-order valence-electron chi connectivity index (χ0n) is 19.2. The first-order valence-corrected chi connectivity index (χ1v) is 11.0. The lowest BCUT2D eigenvalue weighted by molar-refractivity contribution is 0.0723. The molecule has 0 atom stereocenters. The number of carbonyl (C=O) groups is 1. The van der Waals surface area contributed by atoms with Gasteiger partial charge in [0, 0.05) is 47.5 Å². The molecule has 1 amide bonds. The lowest BCUT2D eigenvalue weighted by Crippen LogP contribution is -2.31. The molecule has 5 aromatic rings. The Morgan fingerprint density at radius 3 is 2.65 bits per heavy atom. The number of hydrogen-bond donors (Lipinski definition) is 1. The number of halogens is 1. The van der Waals surface area contributed by atoms with E-state index in [1.165, 1.54) is 12.1 Å². The first-order chi connectivity index (χ1) is 16.4. The molecule has 0 aliphatic heterocycles. The Balaban J connectivity index is 1.56. The number of hydrogen-bond acceptors (Lipinski definition) is 4. The number of fused-ring (bicyclic) bond motifs is 1. The van der Waals surface area contributed by atoms with Crippen LogP contribution in [0.4, 0.5) is 4.39 Å². The highest BCUT2D eigenvalue weighted by Crippen LogP contribution is 2.28. The molecule has 0 saturated heterocycles. The molecule has 3 heterocycles. The summed E-state index contributed by atoms with van der Waals surface area (Å²) in [5.74, 6) is 0.0840. The summed E-state index contributed by atoms with van der Waals surface area (Å²) in [7, 11) is 1.80. The maximum atomic E-state index is 14.0. The summed E-state index contributed by atoms with van der Waals surface area (Å²) < 4.78 is 21.2. The SMILES string of the molecule is Cc1onc(-c2ccccc2)c1CN(Cc1c[nH]c2ccc(F)cc12)C(=O)c1cc(C)n(C)n1. The molecule has 0 unspecified atom stereocenters. The summed E-state index contributed by atoms with van der Waals surface area (Å²) in [4.78, 5) is 18.5. The second-order valence-electron chi connectivity index (χ2n) is 8.39. The molecule has 0 spiro atoms. The normalized spacial score (nSPS) is 11.3. The van der Waals surface area contributed by atoms with Crippen molar-refractivity contribution in [1.29, 1.82) is 0 Å². The third kappa shape index (κ3) is 3.98. The molecule has 3 aromatic heterocycles. The van der Waals surface area contributed by atoms with Crippen LogP contribution in [-0.4, -0.2) is 30.7 Å². The molecule has 0 radical (unpaired) electrons. The number of nitrogens with one attached hydrogen (secondary N) is 1. The third-order valence-electron chi connectivity index (χ3n) is 6.09. The van der Waals surface area contributed by atoms with E-state index < -0.39 is 0 Å². The van der Waals surface area contributed by atoms with E-state index in [1.807, 2.05) is 50.4 Å². The van der Waals surface area contributed by atoms with Gasteiger partial charge >= 0.3 is 0 Å². The van der Waals surface area contributed by atoms with E-state index in [2.05, 4.69) is 15.2 Å². The van der Waals surface area contributed by atoms with Crippen LogP contribution in [-0.2, 0) is 20.1 Å². The fraction of sp³-hybridized carbons (Fsp3) is 0.192. The predicted molar refractivity (Wildman–Crippen MR) is 126 cm³/mol. The highest BCUT2D eigenvalue weighted by atomic mass is 19.1. The minimum absolute atomic E-state index is 0.228. The van der Waals surface area contributed by atoms with Gasteiger partial charge in [-0.3, -0.25) is 9.48 Å². The predicted octanol–water partition coefficient (Wildman–Crippen LogP) is 5.15. The topological polar surface area (TPSA) is 80.0 Å². The van der Waals surface area contributed by atoms with Gasteiger partial charge in [-0.25, -0.2) is 4.39 Å². The number of aryl methyl sites for hydroxylation is 3. The molecule has 0 fully saturated rings. The van der Waals surface area contributed by atoms with Gasteiger partial charge in [0.15, 0.2) is 5.69 Å². The van der Waals surface area contributed by atoms with Crippen molar-refractivity contribution in [3.8, 4) is 11.3 Å². The van der Waals surface area contributed by atoms with E-state index in [0.29, 0.717) is 17.1 Å². The summed E-state index contributed by atoms with van der Waals surface area (Å²) in [6.45, 7) is 4.25. The van der Waals surface area contributed by atoms with Crippen molar-refractivity contribution in [3.05, 3.63) is 94.9 Å². The van der Waals surface area contributed by atoms with E-state index in [0.717, 1.165) is 33.3 Å². The summed E-state index contributed by atoms with van der Waals surface area (Å²) in [5.41, 5.74) is 5.26. The van der Waals surface area contributed by atoms with Crippen molar-refractivity contribution in [3.63, 3.8) is 0 Å². The van der Waals surface area contributed by atoms with E-state index >= 15 is 0 Å². The maximum absolute atomic E-state index is 14.0. The van der Waals surface area contributed by atoms with E-state index in [4.69, 9.17) is 4.52 Å². The molecule has 0 aliphatic rings. The third-order valence-corrected chi connectivity index (χ3v) is 6.09. The van der Waals surface area contributed by atoms with Gasteiger partial charge in [0.1, 0.15) is 17.3 Å². The highest BCUT2D eigenvalue weighted by molar-refractivity contribution is 5.93. The van der Waals surface area contributed by atoms with Crippen LogP contribution in [0.25, 0.3) is 22.2 Å². The fourth-order valence-corrected chi connectivity index (χ4v) is 4.10. The zero-order valence-corrected chi connectivity index (χ0v) is 19.2. The standard InChI is InChI=1S/C26H24FN5O2/c1-16-11-24(29-31(16)3)26(33)32(14-19-13-28-23-10-9-20(27)12-21(19)23)15-22-17(2)34-30-25(22)18-7-5-4-6-8-18/h4-13,28H,14-15H2,1-3H3. The Bertz CT molecular complexity index is 1460. The van der Waals surface area contributed by atoms with Crippen molar-refractivity contribution in [2.75, 3.05) is 0 Å². The van der Waals surface area contributed by atoms with Crippen molar-refractivity contribution in [2.45, 2.75) is 26.9 Å². The monoisotopic (exact) mass is 457 g/mol. The number of H-pyrrole nitrogens is 1. The first kappa shape index (κ1) is 21.6. The molecule has 1 N–H and O–H groups in total. The highest BCUT2D eigenvalue weighted by Gasteiger charge is 2.25. The number of nitrogens with zero attached hydrogens (tertiary/aromatic N) is 4. The number of aromatic nitrogens is 4. The smallest absolute Gasteiger partial charge is 0.274 e. The van der Waals surface area contributed by atoms with Gasteiger partial charge in [-0.15, -0.1) is 0 Å². The van der Waals surface area contributed by atoms with Crippen LogP contribution in [0, 0.1) is 19.7 Å². The Labute approximate surface area is 195 Å². The molecule has 2 aromatic carbocycles. The molecule has 34 heavy (non-hydrogen) atoms. The first-order valence-electron chi connectivity index (χ1n) is 11.0. The van der Waals surface area contributed by atoms with Crippen LogP contribution < -0.4 is 0 Å². The second-order valence-corrected chi connectivity index (χ2v) is 8.39. The molecule has 0 aliphatic carbocycles. The maximum Gasteiger partial charge on any atom is 0.274 e. The van der Waals surface area contributed by atoms with Crippen molar-refractivity contribution < 1.29 is 13.7 Å². The molecule has 7 nitrogen and oxygen atoms in total. The molecular weight excluding hydrogens is 433 g/mol. The Kier molecular flexibility index (Phi) is 5.49. The molecule has 0 saturated carbocycles. The zero-order chi connectivity index (χ0) is 23.8. The fourth-order valence-electron chi connectivity index (χ4n) is 4.10. The molecule has 8 heteroatoms. The average Bonchev–Trinajstić information content (AvgIpc) is 3.51. The van der Waals surface area contributed by atoms with Gasteiger partial charge in [0.2, 0.25) is 0 Å². The van der Waals surface area contributed by atoms with Gasteiger partial charge < -0.3 is 14.4 Å². The summed E-state index contributed by atoms with van der Waals surface area (Å²) in [5, 5.41) is 9.38. The van der Waals surface area contributed by atoms with Crippen LogP contribution in [0.5, 0.6) is 0 Å². The Morgan fingerprint density at radius 1 is 1.12 bits per heavy atom. The Hall–Kier alpha value is -4.20. The van der Waals surface area contributed by atoms with Crippen LogP contribution in [0.2, 0.25) is 0 Å². The number of carbonyl (C=O) groups excluding carboxylic acids is 1. The van der Waals surface area contributed by atoms with Crippen LogP contribution in [0.3, 0.4) is 0 Å². The van der Waals surface area contributed by atoms with Crippen molar-refractivity contribution >= 4 is 16.8 Å². The minimum atomic E-state index is -0.326. The van der Waals surface area contributed by atoms with E-state index in [-0.39, 0.29) is 24.8 Å². The summed E-state index contributed by atoms with van der Waals surface area (Å²) >= 11 is 0. The Morgan fingerprint density at radius 2 is 1.91 bits per heavy atom. The quantitative estimate of drug-likeness (QED) is 0.382. The van der Waals surface area contributed by atoms with Gasteiger partial charge in [0.25, 0.3) is 5.91 Å². The van der Waals surface area contributed by atoms with E-state index in [1.54, 1.807) is 28.8 Å². The lowest BCUT2D eigenvalue weighted by Gasteiger charge is -2.22. The van der Waals surface area contributed by atoms with Crippen LogP contribution in [0.1, 0.15) is 33.1 Å². The van der Waals surface area contributed by atoms with Crippen molar-refractivity contribution in [2.24, 2.45) is 7.05 Å². The van der Waals surface area contributed by atoms with Gasteiger partial charge in [-0.2, -0.15) is 5.10 Å². The number of aromatic amines is 1. The molecular formula is C26H24FN5O2. The van der Waals surface area contributed by atoms with Crippen LogP contribution >= 0.6 is 0 Å². The van der Waals surface area contributed by atoms with Gasteiger partial charge in [-0.1, -0.05) is 35.5 Å². The number of amides is 1. The minimum Gasteiger partial charge on any atom is -0.361 e. The molecule has 172 valence electrons. The number of benzene rings is 2. The number of rotatable bonds is 6. The second kappa shape index (κ2) is 8.62. The van der Waals surface area contributed by atoms with Crippen LogP contribution in [0.15, 0.2) is 65.3 Å². The average molecular weight is 458 g/mol. The van der Waals surface area contributed by atoms with Crippen molar-refractivity contribution in [1.82, 2.24) is 24.8 Å². The summed E-state index contributed by atoms with van der Waals surface area (Å²) in [6, 6.07) is 16.1. The largest absolute Gasteiger partial charge is 0.361 e. The molecule has 5 rings (SSSR count). The van der Waals surface area contributed by atoms with E-state index in [9.17, 15) is 9.18 Å². The molecule has 0 bridgehead atoms. The lowest BCUT2D eigenvalue weighted by atomic mass is 10.1.